The third-order valence-electron chi connectivity index (χ3n) is 1.23. The smallest absolute Gasteiger partial charge is 0.171 e. The number of rotatable bonds is 6. The summed E-state index contributed by atoms with van der Waals surface area (Å²) in [5.74, 6) is -0.379. The molecule has 0 rings (SSSR count). The van der Waals surface area contributed by atoms with Gasteiger partial charge in [0.25, 0.3) is 0 Å². The number of carbonyl (C=O) groups is 2. The molecule has 0 fully saturated rings. The molecule has 0 bridgehead atoms. The van der Waals surface area contributed by atoms with Gasteiger partial charge in [-0.1, -0.05) is 6.92 Å². The van der Waals surface area contributed by atoms with Crippen molar-refractivity contribution in [2.45, 2.75) is 19.4 Å². The molecule has 0 aromatic rings. The summed E-state index contributed by atoms with van der Waals surface area (Å²) in [4.78, 5) is 21.1. The van der Waals surface area contributed by atoms with E-state index in [0.29, 0.717) is 12.8 Å². The molecule has 12 heavy (non-hydrogen) atoms. The molecule has 5 heteroatoms. The van der Waals surface area contributed by atoms with Gasteiger partial charge < -0.3 is 10.1 Å². The van der Waals surface area contributed by atoms with Gasteiger partial charge in [-0.2, -0.15) is 0 Å². The SMILES string of the molecule is CCCNC(C=O)C(=O)CCl.Cl. The second-order valence-corrected chi connectivity index (χ2v) is 2.44. The van der Waals surface area contributed by atoms with Crippen LogP contribution >= 0.6 is 24.0 Å². The van der Waals surface area contributed by atoms with Gasteiger partial charge in [-0.15, -0.1) is 24.0 Å². The molecule has 0 saturated carbocycles. The summed E-state index contributed by atoms with van der Waals surface area (Å²) in [6.45, 7) is 2.62. The molecule has 0 amide bonds. The first kappa shape index (κ1) is 14.4. The van der Waals surface area contributed by atoms with Gasteiger partial charge in [-0.3, -0.25) is 4.79 Å². The van der Waals surface area contributed by atoms with Crippen LogP contribution in [0.3, 0.4) is 0 Å². The van der Waals surface area contributed by atoms with E-state index in [1.807, 2.05) is 6.92 Å². The van der Waals surface area contributed by atoms with E-state index in [0.717, 1.165) is 6.42 Å². The number of alkyl halides is 1. The quantitative estimate of drug-likeness (QED) is 0.403. The van der Waals surface area contributed by atoms with E-state index in [2.05, 4.69) is 5.32 Å². The van der Waals surface area contributed by atoms with Crippen molar-refractivity contribution in [1.29, 1.82) is 0 Å². The van der Waals surface area contributed by atoms with E-state index in [1.165, 1.54) is 0 Å². The van der Waals surface area contributed by atoms with Crippen molar-refractivity contribution in [1.82, 2.24) is 5.32 Å². The van der Waals surface area contributed by atoms with Gasteiger partial charge in [0.05, 0.1) is 5.88 Å². The van der Waals surface area contributed by atoms with Crippen molar-refractivity contribution in [2.75, 3.05) is 12.4 Å². The zero-order chi connectivity index (χ0) is 8.69. The summed E-state index contributed by atoms with van der Waals surface area (Å²) in [5.41, 5.74) is 0. The topological polar surface area (TPSA) is 46.2 Å². The zero-order valence-corrected chi connectivity index (χ0v) is 8.45. The molecule has 0 spiro atoms. The third kappa shape index (κ3) is 5.52. The van der Waals surface area contributed by atoms with Crippen LogP contribution in [0.1, 0.15) is 13.3 Å². The maximum Gasteiger partial charge on any atom is 0.171 e. The van der Waals surface area contributed by atoms with Gasteiger partial charge >= 0.3 is 0 Å². The Morgan fingerprint density at radius 2 is 2.25 bits per heavy atom. The predicted molar refractivity (Wildman–Crippen MR) is 51.1 cm³/mol. The molecular formula is C7H13Cl2NO2. The number of Topliss-reactive ketones (excluding diaryl/α,β-unsaturated/α-hetero) is 1. The standard InChI is InChI=1S/C7H12ClNO2.ClH/c1-2-3-9-6(5-10)7(11)4-8;/h5-6,9H,2-4H2,1H3;1H. The fourth-order valence-electron chi connectivity index (χ4n) is 0.621. The number of ketones is 1. The van der Waals surface area contributed by atoms with Crippen LogP contribution in [0.4, 0.5) is 0 Å². The van der Waals surface area contributed by atoms with Crippen LogP contribution in [-0.2, 0) is 9.59 Å². The lowest BCUT2D eigenvalue weighted by molar-refractivity contribution is -0.123. The molecule has 0 aliphatic rings. The molecular weight excluding hydrogens is 201 g/mol. The van der Waals surface area contributed by atoms with E-state index in [9.17, 15) is 9.59 Å². The lowest BCUT2D eigenvalue weighted by Gasteiger charge is -2.07. The highest BCUT2D eigenvalue weighted by Gasteiger charge is 2.14. The molecule has 72 valence electrons. The minimum absolute atomic E-state index is 0. The zero-order valence-electron chi connectivity index (χ0n) is 6.88. The van der Waals surface area contributed by atoms with Crippen LogP contribution in [0.5, 0.6) is 0 Å². The highest BCUT2D eigenvalue weighted by Crippen LogP contribution is 1.86. The Balaban J connectivity index is 0. The number of hydrogen-bond acceptors (Lipinski definition) is 3. The molecule has 0 aromatic carbocycles. The van der Waals surface area contributed by atoms with Crippen LogP contribution in [0.15, 0.2) is 0 Å². The molecule has 0 radical (unpaired) electrons. The van der Waals surface area contributed by atoms with Crippen molar-refractivity contribution in [3.05, 3.63) is 0 Å². The Hall–Kier alpha value is -0.120. The Morgan fingerprint density at radius 3 is 2.58 bits per heavy atom. The number of carbonyl (C=O) groups excluding carboxylic acids is 2. The van der Waals surface area contributed by atoms with Crippen LogP contribution < -0.4 is 5.32 Å². The number of halogens is 2. The van der Waals surface area contributed by atoms with Gasteiger partial charge in [-0.25, -0.2) is 0 Å². The predicted octanol–water partition coefficient (Wildman–Crippen LogP) is 0.783. The van der Waals surface area contributed by atoms with E-state index in [4.69, 9.17) is 11.6 Å². The molecule has 3 nitrogen and oxygen atoms in total. The Morgan fingerprint density at radius 1 is 1.67 bits per heavy atom. The molecule has 1 unspecified atom stereocenters. The molecule has 1 atom stereocenters. The fraction of sp³-hybridized carbons (Fsp3) is 0.714. The first-order valence-corrected chi connectivity index (χ1v) is 4.07. The van der Waals surface area contributed by atoms with Gasteiger partial charge in [-0.05, 0) is 13.0 Å². The van der Waals surface area contributed by atoms with Crippen LogP contribution in [-0.4, -0.2) is 30.5 Å². The second kappa shape index (κ2) is 8.97. The average Bonchev–Trinajstić information content (AvgIpc) is 2.05. The van der Waals surface area contributed by atoms with Crippen molar-refractivity contribution in [3.8, 4) is 0 Å². The van der Waals surface area contributed by atoms with E-state index >= 15 is 0 Å². The second-order valence-electron chi connectivity index (χ2n) is 2.17. The van der Waals surface area contributed by atoms with Crippen molar-refractivity contribution in [2.24, 2.45) is 0 Å². The van der Waals surface area contributed by atoms with Crippen LogP contribution in [0, 0.1) is 0 Å². The highest BCUT2D eigenvalue weighted by molar-refractivity contribution is 6.29. The van der Waals surface area contributed by atoms with Gasteiger partial charge in [0.15, 0.2) is 5.78 Å². The molecule has 0 aromatic heterocycles. The van der Waals surface area contributed by atoms with Crippen LogP contribution in [0.2, 0.25) is 0 Å². The van der Waals surface area contributed by atoms with E-state index in [-0.39, 0.29) is 24.1 Å². The van der Waals surface area contributed by atoms with Crippen LogP contribution in [0.25, 0.3) is 0 Å². The minimum atomic E-state index is -0.715. The summed E-state index contributed by atoms with van der Waals surface area (Å²) < 4.78 is 0. The number of hydrogen-bond donors (Lipinski definition) is 1. The Kier molecular flexibility index (Phi) is 10.8. The normalized spacial score (nSPS) is 11.5. The lowest BCUT2D eigenvalue weighted by atomic mass is 10.2. The van der Waals surface area contributed by atoms with Gasteiger partial charge in [0.2, 0.25) is 0 Å². The molecule has 0 aliphatic heterocycles. The average molecular weight is 214 g/mol. The number of aldehydes is 1. The molecule has 0 aliphatic carbocycles. The number of nitrogens with one attached hydrogen (secondary N) is 1. The maximum absolute atomic E-state index is 10.8. The van der Waals surface area contributed by atoms with E-state index in [1.54, 1.807) is 0 Å². The summed E-state index contributed by atoms with van der Waals surface area (Å²) in [7, 11) is 0. The summed E-state index contributed by atoms with van der Waals surface area (Å²) in [5, 5.41) is 2.77. The summed E-state index contributed by atoms with van der Waals surface area (Å²) in [6.07, 6.45) is 1.47. The first-order valence-electron chi connectivity index (χ1n) is 3.53. The lowest BCUT2D eigenvalue weighted by Crippen LogP contribution is -2.39. The van der Waals surface area contributed by atoms with Gasteiger partial charge in [0, 0.05) is 0 Å². The molecule has 0 heterocycles. The monoisotopic (exact) mass is 213 g/mol. The molecule has 1 N–H and O–H groups in total. The Labute approximate surface area is 83.3 Å². The summed E-state index contributed by atoms with van der Waals surface area (Å²) in [6, 6.07) is -0.715. The Bertz CT molecular complexity index is 141. The maximum atomic E-state index is 10.8. The molecule has 0 saturated heterocycles. The highest BCUT2D eigenvalue weighted by atomic mass is 35.5. The van der Waals surface area contributed by atoms with Crippen molar-refractivity contribution < 1.29 is 9.59 Å². The first-order chi connectivity index (χ1) is 5.26. The van der Waals surface area contributed by atoms with E-state index < -0.39 is 6.04 Å². The minimum Gasteiger partial charge on any atom is -0.302 e. The third-order valence-corrected chi connectivity index (χ3v) is 1.49. The van der Waals surface area contributed by atoms with Crippen molar-refractivity contribution >= 4 is 36.1 Å². The largest absolute Gasteiger partial charge is 0.302 e. The fourth-order valence-corrected chi connectivity index (χ4v) is 0.787. The summed E-state index contributed by atoms with van der Waals surface area (Å²) >= 11 is 5.26. The van der Waals surface area contributed by atoms with Crippen molar-refractivity contribution in [3.63, 3.8) is 0 Å². The van der Waals surface area contributed by atoms with Gasteiger partial charge in [0.1, 0.15) is 12.3 Å².